The molecule has 0 spiro atoms. The summed E-state index contributed by atoms with van der Waals surface area (Å²) in [5.41, 5.74) is 0. The Kier molecular flexibility index (Phi) is 7.59. The third-order valence-corrected chi connectivity index (χ3v) is 1.75. The van der Waals surface area contributed by atoms with Crippen LogP contribution < -0.4 is 0 Å². The number of allylic oxidation sites excluding steroid dienone is 2. The van der Waals surface area contributed by atoms with Crippen LogP contribution in [0.2, 0.25) is 0 Å². The highest BCUT2D eigenvalue weighted by atomic mass is 16.5. The van der Waals surface area contributed by atoms with E-state index in [0.29, 0.717) is 5.92 Å². The van der Waals surface area contributed by atoms with E-state index in [1.165, 1.54) is 19.3 Å². The molecule has 1 nitrogen and oxygen atoms in total. The molecule has 0 saturated carbocycles. The largest absolute Gasteiger partial charge is 0.384 e. The van der Waals surface area contributed by atoms with Crippen LogP contribution in [0.5, 0.6) is 0 Å². The average Bonchev–Trinajstić information content (AvgIpc) is 1.99. The lowest BCUT2D eigenvalue weighted by Gasteiger charge is -2.07. The molecule has 11 heavy (non-hydrogen) atoms. The molecule has 0 N–H and O–H groups in total. The molecule has 0 aromatic rings. The van der Waals surface area contributed by atoms with E-state index >= 15 is 0 Å². The maximum absolute atomic E-state index is 5.04. The molecule has 1 heteroatoms. The molecule has 0 heterocycles. The second-order valence-corrected chi connectivity index (χ2v) is 3.06. The van der Waals surface area contributed by atoms with Crippen molar-refractivity contribution < 1.29 is 4.74 Å². The van der Waals surface area contributed by atoms with Crippen molar-refractivity contribution in [3.05, 3.63) is 12.2 Å². The number of rotatable bonds is 6. The molecule has 0 saturated heterocycles. The van der Waals surface area contributed by atoms with Gasteiger partial charge in [-0.25, -0.2) is 0 Å². The van der Waals surface area contributed by atoms with E-state index < -0.39 is 0 Å². The third kappa shape index (κ3) is 7.60. The van der Waals surface area contributed by atoms with Gasteiger partial charge in [0.15, 0.2) is 0 Å². The van der Waals surface area contributed by atoms with Crippen molar-refractivity contribution in [1.29, 1.82) is 0 Å². The van der Waals surface area contributed by atoms with Crippen LogP contribution in [-0.4, -0.2) is 13.7 Å². The molecular formula is C10H20O. The summed E-state index contributed by atoms with van der Waals surface area (Å²) in [5.74, 6) is 0.713. The first-order chi connectivity index (χ1) is 5.31. The molecule has 0 aromatic heterocycles. The Labute approximate surface area is 70.4 Å². The number of methoxy groups -OCH3 is 1. The van der Waals surface area contributed by atoms with Gasteiger partial charge in [0.2, 0.25) is 0 Å². The van der Waals surface area contributed by atoms with Crippen molar-refractivity contribution in [3.8, 4) is 0 Å². The maximum Gasteiger partial charge on any atom is 0.0487 e. The van der Waals surface area contributed by atoms with E-state index in [9.17, 15) is 0 Å². The Hall–Kier alpha value is -0.300. The monoisotopic (exact) mass is 156 g/mol. The zero-order valence-corrected chi connectivity index (χ0v) is 7.97. The van der Waals surface area contributed by atoms with Crippen molar-refractivity contribution in [1.82, 2.24) is 0 Å². The summed E-state index contributed by atoms with van der Waals surface area (Å²) >= 11 is 0. The molecule has 0 fully saturated rings. The minimum Gasteiger partial charge on any atom is -0.384 e. The number of unbranched alkanes of at least 4 members (excludes halogenated alkanes) is 1. The van der Waals surface area contributed by atoms with Gasteiger partial charge in [0, 0.05) is 13.7 Å². The second kappa shape index (κ2) is 7.80. The second-order valence-electron chi connectivity index (χ2n) is 3.06. The third-order valence-electron chi connectivity index (χ3n) is 1.75. The van der Waals surface area contributed by atoms with Crippen molar-refractivity contribution in [2.45, 2.75) is 33.1 Å². The van der Waals surface area contributed by atoms with Crippen LogP contribution in [0.3, 0.4) is 0 Å². The summed E-state index contributed by atoms with van der Waals surface area (Å²) in [6.45, 7) is 5.20. The Morgan fingerprint density at radius 1 is 1.45 bits per heavy atom. The summed E-state index contributed by atoms with van der Waals surface area (Å²) in [4.78, 5) is 0. The maximum atomic E-state index is 5.04. The molecule has 0 radical (unpaired) electrons. The van der Waals surface area contributed by atoms with Crippen LogP contribution in [-0.2, 0) is 4.74 Å². The van der Waals surface area contributed by atoms with E-state index in [-0.39, 0.29) is 0 Å². The molecular weight excluding hydrogens is 136 g/mol. The summed E-state index contributed by atoms with van der Waals surface area (Å²) < 4.78 is 5.04. The van der Waals surface area contributed by atoms with Gasteiger partial charge in [0.25, 0.3) is 0 Å². The smallest absolute Gasteiger partial charge is 0.0487 e. The SMILES string of the molecule is C/C=C/CCC[C@H](C)COC. The van der Waals surface area contributed by atoms with Crippen LogP contribution in [0.15, 0.2) is 12.2 Å². The molecule has 0 rings (SSSR count). The summed E-state index contributed by atoms with van der Waals surface area (Å²) in [6, 6.07) is 0. The van der Waals surface area contributed by atoms with Gasteiger partial charge in [0.1, 0.15) is 0 Å². The van der Waals surface area contributed by atoms with Gasteiger partial charge >= 0.3 is 0 Å². The van der Waals surface area contributed by atoms with E-state index in [4.69, 9.17) is 4.74 Å². The number of ether oxygens (including phenoxy) is 1. The summed E-state index contributed by atoms with van der Waals surface area (Å²) in [5, 5.41) is 0. The summed E-state index contributed by atoms with van der Waals surface area (Å²) in [6.07, 6.45) is 8.11. The summed E-state index contributed by atoms with van der Waals surface area (Å²) in [7, 11) is 1.77. The Bertz CT molecular complexity index is 97.0. The first-order valence-corrected chi connectivity index (χ1v) is 4.41. The van der Waals surface area contributed by atoms with Gasteiger partial charge in [-0.15, -0.1) is 0 Å². The van der Waals surface area contributed by atoms with E-state index in [0.717, 1.165) is 6.61 Å². The predicted molar refractivity (Wildman–Crippen MR) is 49.7 cm³/mol. The van der Waals surface area contributed by atoms with Gasteiger partial charge in [-0.1, -0.05) is 19.1 Å². The average molecular weight is 156 g/mol. The van der Waals surface area contributed by atoms with Gasteiger partial charge in [-0.3, -0.25) is 0 Å². The predicted octanol–water partition coefficient (Wildman–Crippen LogP) is 3.02. The fourth-order valence-corrected chi connectivity index (χ4v) is 1.12. The molecule has 0 aliphatic heterocycles. The Morgan fingerprint density at radius 3 is 2.73 bits per heavy atom. The first-order valence-electron chi connectivity index (χ1n) is 4.41. The fraction of sp³-hybridized carbons (Fsp3) is 0.800. The van der Waals surface area contributed by atoms with Crippen molar-refractivity contribution in [2.24, 2.45) is 5.92 Å². The molecule has 0 aromatic carbocycles. The normalized spacial score (nSPS) is 14.1. The highest BCUT2D eigenvalue weighted by Gasteiger charge is 1.98. The van der Waals surface area contributed by atoms with Crippen LogP contribution in [0.25, 0.3) is 0 Å². The van der Waals surface area contributed by atoms with Crippen LogP contribution >= 0.6 is 0 Å². The molecule has 0 unspecified atom stereocenters. The molecule has 0 aliphatic carbocycles. The topological polar surface area (TPSA) is 9.23 Å². The van der Waals surface area contributed by atoms with Crippen LogP contribution in [0.1, 0.15) is 33.1 Å². The standard InChI is InChI=1S/C10H20O/c1-4-5-6-7-8-10(2)9-11-3/h4-5,10H,6-9H2,1-3H3/b5-4+/t10-/m0/s1. The zero-order valence-electron chi connectivity index (χ0n) is 7.97. The van der Waals surface area contributed by atoms with Crippen molar-refractivity contribution in [2.75, 3.05) is 13.7 Å². The van der Waals surface area contributed by atoms with Gasteiger partial charge in [0.05, 0.1) is 0 Å². The number of hydrogen-bond acceptors (Lipinski definition) is 1. The minimum absolute atomic E-state index is 0.713. The first kappa shape index (κ1) is 10.7. The lowest BCUT2D eigenvalue weighted by atomic mass is 10.1. The van der Waals surface area contributed by atoms with Crippen LogP contribution in [0, 0.1) is 5.92 Å². The van der Waals surface area contributed by atoms with Gasteiger partial charge < -0.3 is 4.74 Å². The Morgan fingerprint density at radius 2 is 2.18 bits per heavy atom. The van der Waals surface area contributed by atoms with E-state index in [1.54, 1.807) is 7.11 Å². The quantitative estimate of drug-likeness (QED) is 0.424. The number of hydrogen-bond donors (Lipinski definition) is 0. The highest BCUT2D eigenvalue weighted by Crippen LogP contribution is 2.07. The molecule has 0 bridgehead atoms. The minimum atomic E-state index is 0.713. The fourth-order valence-electron chi connectivity index (χ4n) is 1.12. The molecule has 66 valence electrons. The van der Waals surface area contributed by atoms with Gasteiger partial charge in [-0.2, -0.15) is 0 Å². The molecule has 1 atom stereocenters. The molecule has 0 aliphatic rings. The zero-order chi connectivity index (χ0) is 8.53. The lowest BCUT2D eigenvalue weighted by Crippen LogP contribution is -2.02. The molecule has 0 amide bonds. The van der Waals surface area contributed by atoms with Gasteiger partial charge in [-0.05, 0) is 32.1 Å². The van der Waals surface area contributed by atoms with Crippen LogP contribution in [0.4, 0.5) is 0 Å². The Balaban J connectivity index is 3.10. The van der Waals surface area contributed by atoms with E-state index in [1.807, 2.05) is 0 Å². The van der Waals surface area contributed by atoms with Crippen molar-refractivity contribution in [3.63, 3.8) is 0 Å². The van der Waals surface area contributed by atoms with E-state index in [2.05, 4.69) is 26.0 Å². The lowest BCUT2D eigenvalue weighted by molar-refractivity contribution is 0.155. The van der Waals surface area contributed by atoms with Crippen molar-refractivity contribution >= 4 is 0 Å². The highest BCUT2D eigenvalue weighted by molar-refractivity contribution is 4.76.